The van der Waals surface area contributed by atoms with Crippen LogP contribution in [0.5, 0.6) is 0 Å². The minimum Gasteiger partial charge on any atom is -0.294 e. The summed E-state index contributed by atoms with van der Waals surface area (Å²) in [6.45, 7) is 0. The third-order valence-electron chi connectivity index (χ3n) is 4.90. The van der Waals surface area contributed by atoms with Crippen LogP contribution in [0.1, 0.15) is 29.1 Å². The van der Waals surface area contributed by atoms with Crippen LogP contribution in [0, 0.1) is 0 Å². The minimum atomic E-state index is -0.633. The van der Waals surface area contributed by atoms with Gasteiger partial charge < -0.3 is 0 Å². The summed E-state index contributed by atoms with van der Waals surface area (Å²) in [6, 6.07) is 10.3. The molecule has 6 heterocycles. The Morgan fingerprint density at radius 3 is 2.41 bits per heavy atom. The highest BCUT2D eigenvalue weighted by Crippen LogP contribution is 2.43. The van der Waals surface area contributed by atoms with Crippen molar-refractivity contribution in [2.24, 2.45) is 4.99 Å². The van der Waals surface area contributed by atoms with E-state index in [2.05, 4.69) is 56.0 Å². The zero-order valence-corrected chi connectivity index (χ0v) is 18.0. The van der Waals surface area contributed by atoms with Crippen molar-refractivity contribution < 1.29 is 0 Å². The van der Waals surface area contributed by atoms with Crippen LogP contribution in [-0.4, -0.2) is 61.7 Å². The Morgan fingerprint density at radius 2 is 1.71 bits per heavy atom. The second kappa shape index (κ2) is 8.59. The number of pyridine rings is 1. The van der Waals surface area contributed by atoms with Gasteiger partial charge in [0, 0.05) is 24.8 Å². The van der Waals surface area contributed by atoms with Gasteiger partial charge in [0.1, 0.15) is 28.6 Å². The second-order valence-electron chi connectivity index (χ2n) is 6.85. The van der Waals surface area contributed by atoms with E-state index in [0.717, 1.165) is 0 Å². The van der Waals surface area contributed by atoms with Crippen LogP contribution in [-0.2, 0) is 0 Å². The van der Waals surface area contributed by atoms with Crippen LogP contribution in [0.4, 0.5) is 5.13 Å². The first kappa shape index (κ1) is 19.8. The maximum Gasteiger partial charge on any atom is 0.223 e. The number of tetrazole rings is 1. The first-order valence-electron chi connectivity index (χ1n) is 9.98. The minimum absolute atomic E-state index is 0.304. The topological polar surface area (TPSA) is 160 Å². The number of aromatic nitrogens is 11. The highest BCUT2D eigenvalue weighted by molar-refractivity contribution is 7.13. The lowest BCUT2D eigenvalue weighted by Gasteiger charge is -2.35. The summed E-state index contributed by atoms with van der Waals surface area (Å²) >= 11 is 1.34. The molecule has 0 radical (unpaired) electrons. The second-order valence-corrected chi connectivity index (χ2v) is 7.67. The van der Waals surface area contributed by atoms with Gasteiger partial charge in [0.25, 0.3) is 0 Å². The molecule has 5 aromatic rings. The van der Waals surface area contributed by atoms with Crippen molar-refractivity contribution in [1.82, 2.24) is 56.0 Å². The molecule has 1 aliphatic heterocycles. The average Bonchev–Trinajstić information content (AvgIpc) is 3.64. The molecular weight excluding hydrogens is 454 g/mol. The monoisotopic (exact) mass is 467 g/mol. The quantitative estimate of drug-likeness (QED) is 0.400. The van der Waals surface area contributed by atoms with Gasteiger partial charge in [-0.2, -0.15) is 10.3 Å². The van der Waals surface area contributed by atoms with Gasteiger partial charge in [-0.25, -0.2) is 15.0 Å². The lowest BCUT2D eigenvalue weighted by atomic mass is 10.00. The number of H-pyrrole nitrogens is 1. The number of hydrogen-bond acceptors (Lipinski definition) is 13. The summed E-state index contributed by atoms with van der Waals surface area (Å²) in [5.74, 6) is 0.780. The Labute approximate surface area is 195 Å². The maximum absolute atomic E-state index is 5.02. The molecule has 1 N–H and O–H groups in total. The molecule has 0 bridgehead atoms. The van der Waals surface area contributed by atoms with Crippen LogP contribution in [0.15, 0.2) is 71.7 Å². The molecule has 164 valence electrons. The number of anilines is 1. The van der Waals surface area contributed by atoms with Crippen molar-refractivity contribution in [1.29, 1.82) is 0 Å². The summed E-state index contributed by atoms with van der Waals surface area (Å²) in [5.41, 5.74) is 4.38. The SMILES string of the molecule is c1ccc(C2=C(c3nn[nH]n3)N(c3nncs3)C(c3ncccn3)C(c3cccnn3)=N2)nc1. The van der Waals surface area contributed by atoms with Crippen LogP contribution in [0.2, 0.25) is 0 Å². The van der Waals surface area contributed by atoms with Gasteiger partial charge in [0.15, 0.2) is 5.82 Å². The Balaban J connectivity index is 1.71. The van der Waals surface area contributed by atoms with E-state index < -0.39 is 6.04 Å². The number of nitrogens with one attached hydrogen (secondary N) is 1. The van der Waals surface area contributed by atoms with Crippen LogP contribution >= 0.6 is 11.3 Å². The van der Waals surface area contributed by atoms with E-state index in [1.165, 1.54) is 11.3 Å². The van der Waals surface area contributed by atoms with Crippen LogP contribution < -0.4 is 4.90 Å². The van der Waals surface area contributed by atoms with Gasteiger partial charge in [-0.05, 0) is 35.5 Å². The third-order valence-corrected chi connectivity index (χ3v) is 5.59. The lowest BCUT2D eigenvalue weighted by Crippen LogP contribution is -2.38. The van der Waals surface area contributed by atoms with E-state index in [9.17, 15) is 0 Å². The Bertz CT molecular complexity index is 1440. The molecule has 0 saturated carbocycles. The number of hydrogen-bond donors (Lipinski definition) is 1. The van der Waals surface area contributed by atoms with Crippen molar-refractivity contribution >= 4 is 33.6 Å². The Kier molecular flexibility index (Phi) is 5.00. The normalized spacial score (nSPS) is 15.9. The molecule has 1 aliphatic rings. The molecular formula is C20H13N13S. The van der Waals surface area contributed by atoms with Gasteiger partial charge in [-0.1, -0.05) is 17.4 Å². The largest absolute Gasteiger partial charge is 0.294 e. The number of nitrogens with zero attached hydrogens (tertiary/aromatic N) is 12. The molecule has 14 heteroatoms. The summed E-state index contributed by atoms with van der Waals surface area (Å²) in [7, 11) is 0. The molecule has 0 spiro atoms. The number of aliphatic imine (C=N–C) groups is 1. The van der Waals surface area contributed by atoms with E-state index in [1.54, 1.807) is 42.4 Å². The predicted molar refractivity (Wildman–Crippen MR) is 121 cm³/mol. The fraction of sp³-hybridized carbons (Fsp3) is 0.0500. The van der Waals surface area contributed by atoms with E-state index in [0.29, 0.717) is 45.3 Å². The van der Waals surface area contributed by atoms with Crippen LogP contribution in [0.3, 0.4) is 0 Å². The average molecular weight is 467 g/mol. The Morgan fingerprint density at radius 1 is 0.824 bits per heavy atom. The molecule has 5 aromatic heterocycles. The van der Waals surface area contributed by atoms with Crippen molar-refractivity contribution in [3.63, 3.8) is 0 Å². The molecule has 0 fully saturated rings. The summed E-state index contributed by atoms with van der Waals surface area (Å²) in [6.07, 6.45) is 6.63. The number of aromatic amines is 1. The van der Waals surface area contributed by atoms with Crippen molar-refractivity contribution in [2.45, 2.75) is 6.04 Å². The van der Waals surface area contributed by atoms with Crippen LogP contribution in [0.25, 0.3) is 11.4 Å². The van der Waals surface area contributed by atoms with E-state index >= 15 is 0 Å². The van der Waals surface area contributed by atoms with Gasteiger partial charge in [-0.15, -0.1) is 25.5 Å². The van der Waals surface area contributed by atoms with Gasteiger partial charge in [0.2, 0.25) is 11.0 Å². The van der Waals surface area contributed by atoms with E-state index in [4.69, 9.17) is 4.99 Å². The van der Waals surface area contributed by atoms with E-state index in [1.807, 2.05) is 29.2 Å². The molecule has 1 unspecified atom stereocenters. The smallest absolute Gasteiger partial charge is 0.223 e. The Hall–Kier alpha value is -4.85. The van der Waals surface area contributed by atoms with E-state index in [-0.39, 0.29) is 0 Å². The third kappa shape index (κ3) is 3.47. The molecule has 13 nitrogen and oxygen atoms in total. The molecule has 1 atom stereocenters. The van der Waals surface area contributed by atoms with Crippen molar-refractivity contribution in [2.75, 3.05) is 4.90 Å². The molecule has 0 aliphatic carbocycles. The first-order valence-corrected chi connectivity index (χ1v) is 10.9. The van der Waals surface area contributed by atoms with Gasteiger partial charge in [-0.3, -0.25) is 9.88 Å². The zero-order valence-electron chi connectivity index (χ0n) is 17.2. The molecule has 0 saturated heterocycles. The standard InChI is InChI=1S/C20H13N13S/c1-2-7-21-12(5-1)14-17(19-28-31-32-29-19)33(20-30-25-11-34-20)16(18-22-8-4-9-23-18)15(26-14)13-6-3-10-24-27-13/h1-11,16H,(H,28,29,31,32). The van der Waals surface area contributed by atoms with Gasteiger partial charge >= 0.3 is 0 Å². The molecule has 34 heavy (non-hydrogen) atoms. The first-order chi connectivity index (χ1) is 16.9. The van der Waals surface area contributed by atoms with Gasteiger partial charge in [0.05, 0.1) is 11.4 Å². The van der Waals surface area contributed by atoms with Crippen molar-refractivity contribution in [3.8, 4) is 0 Å². The number of rotatable bonds is 5. The highest BCUT2D eigenvalue weighted by Gasteiger charge is 2.41. The predicted octanol–water partition coefficient (Wildman–Crippen LogP) is 1.60. The summed E-state index contributed by atoms with van der Waals surface area (Å²) in [4.78, 5) is 20.5. The highest BCUT2D eigenvalue weighted by atomic mass is 32.1. The molecule has 6 rings (SSSR count). The fourth-order valence-corrected chi connectivity index (χ4v) is 4.15. The molecule has 0 aromatic carbocycles. The summed E-state index contributed by atoms with van der Waals surface area (Å²) < 4.78 is 0. The fourth-order valence-electron chi connectivity index (χ4n) is 3.56. The lowest BCUT2D eigenvalue weighted by molar-refractivity contribution is 0.783. The molecule has 0 amide bonds. The van der Waals surface area contributed by atoms with Crippen molar-refractivity contribution in [3.05, 3.63) is 89.7 Å². The zero-order chi connectivity index (χ0) is 22.7. The maximum atomic E-state index is 5.02. The summed E-state index contributed by atoms with van der Waals surface area (Å²) in [5, 5.41) is 32.1.